The molecule has 5 nitrogen and oxygen atoms in total. The Morgan fingerprint density at radius 1 is 1.19 bits per heavy atom. The van der Waals surface area contributed by atoms with Crippen LogP contribution in [0.2, 0.25) is 0 Å². The molecule has 0 bridgehead atoms. The number of rotatable bonds is 5. The molecule has 3 aromatic heterocycles. The number of hydrogen-bond acceptors (Lipinski definition) is 5. The van der Waals surface area contributed by atoms with Gasteiger partial charge in [0.05, 0.1) is 35.7 Å². The molecule has 0 atom stereocenters. The highest BCUT2D eigenvalue weighted by molar-refractivity contribution is 7.15. The number of aromatic nitrogens is 3. The number of pyridine rings is 1. The van der Waals surface area contributed by atoms with Gasteiger partial charge in [-0.2, -0.15) is 5.26 Å². The van der Waals surface area contributed by atoms with E-state index in [0.717, 1.165) is 38.9 Å². The van der Waals surface area contributed by atoms with Crippen LogP contribution in [0.15, 0.2) is 54.2 Å². The lowest BCUT2D eigenvalue weighted by Gasteiger charge is -2.10. The summed E-state index contributed by atoms with van der Waals surface area (Å²) >= 11 is 1.57. The number of fused-ring (bicyclic) bond motifs is 1. The van der Waals surface area contributed by atoms with Crippen molar-refractivity contribution in [1.82, 2.24) is 14.4 Å². The van der Waals surface area contributed by atoms with Gasteiger partial charge in [-0.05, 0) is 50.2 Å². The summed E-state index contributed by atoms with van der Waals surface area (Å²) in [5, 5.41) is 11.5. The van der Waals surface area contributed by atoms with Gasteiger partial charge in [-0.1, -0.05) is 0 Å². The summed E-state index contributed by atoms with van der Waals surface area (Å²) in [5.74, 6) is 0.827. The van der Waals surface area contributed by atoms with Crippen LogP contribution in [0.3, 0.4) is 0 Å². The van der Waals surface area contributed by atoms with Gasteiger partial charge in [0.15, 0.2) is 4.96 Å². The van der Waals surface area contributed by atoms with Crippen molar-refractivity contribution >= 4 is 16.3 Å². The summed E-state index contributed by atoms with van der Waals surface area (Å²) < 4.78 is 7.79. The van der Waals surface area contributed by atoms with Crippen LogP contribution in [-0.2, 0) is 6.42 Å². The van der Waals surface area contributed by atoms with E-state index < -0.39 is 0 Å². The van der Waals surface area contributed by atoms with Crippen molar-refractivity contribution in [2.75, 3.05) is 0 Å². The molecule has 0 aliphatic carbocycles. The highest BCUT2D eigenvalue weighted by atomic mass is 32.1. The van der Waals surface area contributed by atoms with E-state index in [1.165, 1.54) is 0 Å². The van der Waals surface area contributed by atoms with Crippen molar-refractivity contribution in [1.29, 1.82) is 5.26 Å². The van der Waals surface area contributed by atoms with Crippen LogP contribution in [0.4, 0.5) is 0 Å². The molecule has 3 heterocycles. The molecule has 6 heteroatoms. The number of ether oxygens (including phenoxy) is 1. The fourth-order valence-electron chi connectivity index (χ4n) is 3.06. The van der Waals surface area contributed by atoms with Crippen LogP contribution in [0.1, 0.15) is 19.5 Å². The molecule has 0 spiro atoms. The van der Waals surface area contributed by atoms with Gasteiger partial charge in [0.25, 0.3) is 0 Å². The summed E-state index contributed by atoms with van der Waals surface area (Å²) in [6.45, 7) is 4.00. The number of nitrogens with zero attached hydrogens (tertiary/aromatic N) is 4. The Balaban J connectivity index is 1.83. The summed E-state index contributed by atoms with van der Waals surface area (Å²) in [4.78, 5) is 9.89. The molecule has 0 radical (unpaired) electrons. The van der Waals surface area contributed by atoms with Gasteiger partial charge < -0.3 is 4.74 Å². The minimum atomic E-state index is 0.130. The molecule has 0 fully saturated rings. The predicted molar refractivity (Wildman–Crippen MR) is 107 cm³/mol. The Bertz CT molecular complexity index is 1110. The number of benzene rings is 1. The second-order valence-corrected chi connectivity index (χ2v) is 7.25. The maximum absolute atomic E-state index is 9.39. The second kappa shape index (κ2) is 7.22. The quantitative estimate of drug-likeness (QED) is 0.494. The van der Waals surface area contributed by atoms with E-state index in [-0.39, 0.29) is 12.5 Å². The number of nitriles is 1. The monoisotopic (exact) mass is 374 g/mol. The lowest BCUT2D eigenvalue weighted by atomic mass is 10.1. The van der Waals surface area contributed by atoms with E-state index in [1.807, 2.05) is 56.4 Å². The van der Waals surface area contributed by atoms with Crippen molar-refractivity contribution in [3.05, 3.63) is 59.9 Å². The normalized spacial score (nSPS) is 11.0. The fourth-order valence-corrected chi connectivity index (χ4v) is 3.98. The Hall–Kier alpha value is -3.17. The van der Waals surface area contributed by atoms with Crippen molar-refractivity contribution in [3.8, 4) is 34.3 Å². The van der Waals surface area contributed by atoms with Crippen molar-refractivity contribution in [3.63, 3.8) is 0 Å². The van der Waals surface area contributed by atoms with E-state index in [0.29, 0.717) is 0 Å². The molecular formula is C21H18N4OS. The number of hydrogen-bond donors (Lipinski definition) is 0. The molecule has 134 valence electrons. The van der Waals surface area contributed by atoms with Gasteiger partial charge in [-0.15, -0.1) is 11.3 Å². The Kier molecular flexibility index (Phi) is 4.61. The Morgan fingerprint density at radius 3 is 2.67 bits per heavy atom. The van der Waals surface area contributed by atoms with Gasteiger partial charge in [-0.25, -0.2) is 4.98 Å². The molecular weight excluding hydrogens is 356 g/mol. The van der Waals surface area contributed by atoms with Gasteiger partial charge in [0.1, 0.15) is 5.75 Å². The third kappa shape index (κ3) is 3.29. The van der Waals surface area contributed by atoms with Crippen LogP contribution in [0.5, 0.6) is 5.75 Å². The summed E-state index contributed by atoms with van der Waals surface area (Å²) in [6, 6.07) is 14.1. The minimum Gasteiger partial charge on any atom is -0.491 e. The van der Waals surface area contributed by atoms with E-state index >= 15 is 0 Å². The first-order valence-corrected chi connectivity index (χ1v) is 9.58. The molecule has 4 aromatic rings. The molecule has 27 heavy (non-hydrogen) atoms. The van der Waals surface area contributed by atoms with Gasteiger partial charge >= 0.3 is 0 Å². The van der Waals surface area contributed by atoms with Crippen LogP contribution in [0, 0.1) is 11.3 Å². The Morgan fingerprint density at radius 2 is 2.00 bits per heavy atom. The SMILES string of the molecule is CC(C)Oc1ccc(-c2nc3scc(-c4cccnc4)n3c2CC#N)cc1. The number of imidazole rings is 1. The maximum Gasteiger partial charge on any atom is 0.194 e. The summed E-state index contributed by atoms with van der Waals surface area (Å²) in [7, 11) is 0. The molecule has 0 amide bonds. The average Bonchev–Trinajstić information content (AvgIpc) is 3.23. The zero-order chi connectivity index (χ0) is 18.8. The van der Waals surface area contributed by atoms with Crippen LogP contribution >= 0.6 is 11.3 Å². The zero-order valence-electron chi connectivity index (χ0n) is 15.1. The topological polar surface area (TPSA) is 63.2 Å². The fraction of sp³-hybridized carbons (Fsp3) is 0.190. The second-order valence-electron chi connectivity index (χ2n) is 6.41. The molecule has 0 unspecified atom stereocenters. The first-order valence-electron chi connectivity index (χ1n) is 8.70. The van der Waals surface area contributed by atoms with E-state index in [9.17, 15) is 5.26 Å². The first-order chi connectivity index (χ1) is 13.2. The van der Waals surface area contributed by atoms with E-state index in [2.05, 4.69) is 20.8 Å². The lowest BCUT2D eigenvalue weighted by Crippen LogP contribution is -2.05. The molecule has 4 rings (SSSR count). The summed E-state index contributed by atoms with van der Waals surface area (Å²) in [5.41, 5.74) is 4.72. The Labute approximate surface area is 161 Å². The maximum atomic E-state index is 9.39. The minimum absolute atomic E-state index is 0.130. The van der Waals surface area contributed by atoms with Crippen LogP contribution in [0.25, 0.3) is 27.5 Å². The van der Waals surface area contributed by atoms with Gasteiger partial charge in [0, 0.05) is 28.9 Å². The molecule has 1 aromatic carbocycles. The van der Waals surface area contributed by atoms with E-state index in [4.69, 9.17) is 9.72 Å². The predicted octanol–water partition coefficient (Wildman–Crippen LogP) is 4.98. The largest absolute Gasteiger partial charge is 0.491 e. The average molecular weight is 374 g/mol. The van der Waals surface area contributed by atoms with Crippen molar-refractivity contribution < 1.29 is 4.74 Å². The molecule has 0 saturated carbocycles. The molecule has 0 saturated heterocycles. The molecule has 0 aliphatic heterocycles. The van der Waals surface area contributed by atoms with Crippen LogP contribution in [-0.4, -0.2) is 20.5 Å². The highest BCUT2D eigenvalue weighted by Gasteiger charge is 2.19. The molecule has 0 aliphatic rings. The highest BCUT2D eigenvalue weighted by Crippen LogP contribution is 2.33. The zero-order valence-corrected chi connectivity index (χ0v) is 15.9. The standard InChI is InChI=1S/C21H18N4OS/c1-14(2)26-17-7-5-15(6-8-17)20-18(9-10-22)25-19(13-27-21(25)24-20)16-4-3-11-23-12-16/h3-8,11-14H,9H2,1-2H3. The third-order valence-corrected chi connectivity index (χ3v) is 4.99. The third-order valence-electron chi connectivity index (χ3n) is 4.16. The van der Waals surface area contributed by atoms with Crippen molar-refractivity contribution in [2.45, 2.75) is 26.4 Å². The lowest BCUT2D eigenvalue weighted by molar-refractivity contribution is 0.242. The molecule has 0 N–H and O–H groups in total. The smallest absolute Gasteiger partial charge is 0.194 e. The van der Waals surface area contributed by atoms with Gasteiger partial charge in [0.2, 0.25) is 0 Å². The van der Waals surface area contributed by atoms with E-state index in [1.54, 1.807) is 17.5 Å². The van der Waals surface area contributed by atoms with Crippen molar-refractivity contribution in [2.24, 2.45) is 0 Å². The first kappa shape index (κ1) is 17.3. The summed E-state index contributed by atoms with van der Waals surface area (Å²) in [6.07, 6.45) is 3.99. The number of thiazole rings is 1. The van der Waals surface area contributed by atoms with Crippen LogP contribution < -0.4 is 4.74 Å². The van der Waals surface area contributed by atoms with Gasteiger partial charge in [-0.3, -0.25) is 9.38 Å².